The fourth-order valence-electron chi connectivity index (χ4n) is 8.52. The molecule has 4 N–H and O–H groups in total. The van der Waals surface area contributed by atoms with Crippen LogP contribution in [0.3, 0.4) is 0 Å². The van der Waals surface area contributed by atoms with Crippen LogP contribution >= 0.6 is 12.6 Å². The highest BCUT2D eigenvalue weighted by Gasteiger charge is 2.45. The number of rotatable bonds is 17. The van der Waals surface area contributed by atoms with Crippen molar-refractivity contribution in [1.29, 1.82) is 0 Å². The smallest absolute Gasteiger partial charge is 0.407 e. The lowest BCUT2D eigenvalue weighted by atomic mass is 9.75. The Bertz CT molecular complexity index is 2480. The number of fused-ring (bicyclic) bond motifs is 1. The molecule has 1 saturated heterocycles. The zero-order valence-electron chi connectivity index (χ0n) is 38.4. The monoisotopic (exact) mass is 906 g/mol. The van der Waals surface area contributed by atoms with Crippen LogP contribution in [0, 0.1) is 16.7 Å². The molecule has 4 amide bonds. The van der Waals surface area contributed by atoms with Crippen molar-refractivity contribution in [3.63, 3.8) is 0 Å². The van der Waals surface area contributed by atoms with Gasteiger partial charge in [-0.2, -0.15) is 12.6 Å². The Morgan fingerprint density at radius 3 is 1.98 bits per heavy atom. The number of nitrogens with zero attached hydrogens (tertiary/aromatic N) is 4. The second kappa shape index (κ2) is 20.1. The van der Waals surface area contributed by atoms with Crippen molar-refractivity contribution in [2.75, 3.05) is 46.3 Å². The quantitative estimate of drug-likeness (QED) is 0.0575. The van der Waals surface area contributed by atoms with Crippen LogP contribution in [0.1, 0.15) is 78.0 Å². The molecule has 7 rings (SSSR count). The first-order chi connectivity index (χ1) is 31.1. The van der Waals surface area contributed by atoms with Gasteiger partial charge in [0.05, 0.1) is 50.6 Å². The van der Waals surface area contributed by atoms with Gasteiger partial charge in [0.15, 0.2) is 0 Å². The van der Waals surface area contributed by atoms with Crippen molar-refractivity contribution >= 4 is 47.4 Å². The number of hydrogen-bond acceptors (Lipinski definition) is 10. The van der Waals surface area contributed by atoms with Crippen LogP contribution < -0.4 is 10.6 Å². The molecule has 0 unspecified atom stereocenters. The van der Waals surface area contributed by atoms with Crippen molar-refractivity contribution in [1.82, 2.24) is 40.4 Å². The number of nitrogens with one attached hydrogen (secondary N) is 4. The molecule has 3 heterocycles. The maximum absolute atomic E-state index is 14.1. The maximum atomic E-state index is 14.1. The van der Waals surface area contributed by atoms with Crippen LogP contribution in [0.15, 0.2) is 73.1 Å². The number of H-pyrrole nitrogens is 2. The van der Waals surface area contributed by atoms with Gasteiger partial charge in [0.1, 0.15) is 23.7 Å². The molecule has 65 heavy (non-hydrogen) atoms. The summed E-state index contributed by atoms with van der Waals surface area (Å²) in [6, 6.07) is 19.1. The van der Waals surface area contributed by atoms with E-state index < -0.39 is 29.7 Å². The van der Waals surface area contributed by atoms with E-state index in [4.69, 9.17) is 19.2 Å². The highest BCUT2D eigenvalue weighted by Crippen LogP contribution is 2.47. The molecule has 2 aromatic heterocycles. The molecule has 0 bridgehead atoms. The molecule has 15 nitrogen and oxygen atoms in total. The van der Waals surface area contributed by atoms with Crippen LogP contribution in [0.2, 0.25) is 0 Å². The number of benzene rings is 3. The van der Waals surface area contributed by atoms with Crippen LogP contribution in [-0.4, -0.2) is 112 Å². The average molecular weight is 907 g/mol. The number of carbonyl (C=O) groups is 4. The summed E-state index contributed by atoms with van der Waals surface area (Å²) in [5.41, 5.74) is 5.26. The van der Waals surface area contributed by atoms with Crippen LogP contribution in [0.25, 0.3) is 44.4 Å². The number of alkyl carbamates (subject to hydrolysis) is 2. The Morgan fingerprint density at radius 2 is 1.35 bits per heavy atom. The van der Waals surface area contributed by atoms with Crippen molar-refractivity contribution in [2.24, 2.45) is 16.7 Å². The summed E-state index contributed by atoms with van der Waals surface area (Å²) in [4.78, 5) is 72.5. The number of methoxy groups -OCH3 is 2. The summed E-state index contributed by atoms with van der Waals surface area (Å²) >= 11 is 4.43. The number of aromatic amines is 2. The molecule has 1 aliphatic carbocycles. The Hall–Kier alpha value is -5.87. The first-order valence-corrected chi connectivity index (χ1v) is 23.0. The predicted octanol–water partition coefficient (Wildman–Crippen LogP) is 8.16. The molecule has 0 spiro atoms. The number of imidazole rings is 2. The number of amides is 4. The molecule has 3 atom stereocenters. The average Bonchev–Trinajstić information content (AvgIpc) is 3.62. The number of hydrogen-bond donors (Lipinski definition) is 5. The lowest BCUT2D eigenvalue weighted by molar-refractivity contribution is -0.139. The topological polar surface area (TPSA) is 184 Å². The first kappa shape index (κ1) is 47.1. The lowest BCUT2D eigenvalue weighted by Crippen LogP contribution is -2.57. The molecule has 2 aliphatic rings. The zero-order valence-corrected chi connectivity index (χ0v) is 39.3. The highest BCUT2D eigenvalue weighted by molar-refractivity contribution is 7.80. The fourth-order valence-corrected chi connectivity index (χ4v) is 8.76. The molecular weight excluding hydrogens is 845 g/mol. The van der Waals surface area contributed by atoms with Gasteiger partial charge in [-0.15, -0.1) is 0 Å². The molecule has 1 aliphatic heterocycles. The largest absolute Gasteiger partial charge is 0.453 e. The van der Waals surface area contributed by atoms with E-state index in [0.29, 0.717) is 56.5 Å². The zero-order chi connectivity index (χ0) is 46.5. The van der Waals surface area contributed by atoms with E-state index in [1.54, 1.807) is 11.1 Å². The normalized spacial score (nSPS) is 16.6. The minimum atomic E-state index is -0.795. The lowest BCUT2D eigenvalue weighted by Gasteiger charge is -2.41. The third-order valence-electron chi connectivity index (χ3n) is 13.1. The Balaban J connectivity index is 1.03. The van der Waals surface area contributed by atoms with Gasteiger partial charge in [-0.05, 0) is 83.5 Å². The summed E-state index contributed by atoms with van der Waals surface area (Å²) in [5, 5.41) is 7.71. The molecule has 1 saturated carbocycles. The van der Waals surface area contributed by atoms with E-state index in [1.165, 1.54) is 14.2 Å². The van der Waals surface area contributed by atoms with Crippen LogP contribution in [-0.2, 0) is 30.3 Å². The molecule has 5 aromatic rings. The van der Waals surface area contributed by atoms with Crippen LogP contribution in [0.4, 0.5) is 9.59 Å². The molecular formula is C49H62N8O7S. The van der Waals surface area contributed by atoms with Gasteiger partial charge in [-0.25, -0.2) is 19.6 Å². The van der Waals surface area contributed by atoms with Gasteiger partial charge >= 0.3 is 12.2 Å². The van der Waals surface area contributed by atoms with Gasteiger partial charge in [0.25, 0.3) is 0 Å². The molecule has 346 valence electrons. The highest BCUT2D eigenvalue weighted by atomic mass is 32.1. The SMILES string of the molecule is COC(=O)N[C@H](C(=O)N(CC1(C)CC1)[C@@H](C)c1ncc(-c2ccc3cc(-c4ccc(-c5cnc(CN(CCS)C(=O)[C@@H](NC(=O)OC)C6(C)CCOCC6)[nH]5)cc4)ccc3c2)[nH]1)C(C)C. The fraction of sp³-hybridized carbons (Fsp3) is 0.469. The number of ether oxygens (including phenoxy) is 3. The summed E-state index contributed by atoms with van der Waals surface area (Å²) < 4.78 is 15.3. The van der Waals surface area contributed by atoms with Gasteiger partial charge < -0.3 is 44.6 Å². The van der Waals surface area contributed by atoms with Gasteiger partial charge in [0, 0.05) is 43.0 Å². The molecule has 2 fully saturated rings. The Kier molecular flexibility index (Phi) is 14.6. The number of thiol groups is 1. The molecule has 0 radical (unpaired) electrons. The second-order valence-corrected chi connectivity index (χ2v) is 18.9. The van der Waals surface area contributed by atoms with Crippen molar-refractivity contribution in [2.45, 2.75) is 85.0 Å². The summed E-state index contributed by atoms with van der Waals surface area (Å²) in [6.45, 7) is 12.2. The van der Waals surface area contributed by atoms with E-state index in [2.05, 4.69) is 93.7 Å². The number of aromatic nitrogens is 4. The third-order valence-corrected chi connectivity index (χ3v) is 13.3. The van der Waals surface area contributed by atoms with Crippen molar-refractivity contribution in [3.05, 3.63) is 84.7 Å². The molecule has 16 heteroatoms. The van der Waals surface area contributed by atoms with E-state index in [9.17, 15) is 19.2 Å². The van der Waals surface area contributed by atoms with E-state index in [-0.39, 0.29) is 35.7 Å². The van der Waals surface area contributed by atoms with E-state index in [0.717, 1.165) is 57.3 Å². The van der Waals surface area contributed by atoms with Gasteiger partial charge in [0.2, 0.25) is 11.8 Å². The van der Waals surface area contributed by atoms with Crippen molar-refractivity contribution in [3.8, 4) is 33.6 Å². The Morgan fingerprint density at radius 1 is 0.769 bits per heavy atom. The van der Waals surface area contributed by atoms with Crippen LogP contribution in [0.5, 0.6) is 0 Å². The van der Waals surface area contributed by atoms with E-state index >= 15 is 0 Å². The van der Waals surface area contributed by atoms with Gasteiger partial charge in [-0.3, -0.25) is 9.59 Å². The minimum Gasteiger partial charge on any atom is -0.453 e. The third kappa shape index (κ3) is 11.0. The molecule has 3 aromatic carbocycles. The standard InChI is InChI=1S/C49H62N8O7S/c1-30(2)41(54-46(60)62-6)44(58)57(29-48(4)16-17-48)31(3)43-51-27-39(53-43)37-15-14-35-24-34(12-13-36(35)25-37)32-8-10-33(11-9-32)38-26-50-40(52-38)28-56(20-23-65)45(59)42(55-47(61)63-7)49(5)18-21-64-22-19-49/h8-15,24-27,30-31,41-42,65H,16-23,28-29H2,1-7H3,(H,50,52)(H,51,53)(H,54,60)(H,55,61)/t31-,41-,42+/m0/s1. The maximum Gasteiger partial charge on any atom is 0.407 e. The minimum absolute atomic E-state index is 0.0383. The predicted molar refractivity (Wildman–Crippen MR) is 253 cm³/mol. The summed E-state index contributed by atoms with van der Waals surface area (Å²) in [6.07, 6.45) is 5.64. The Labute approximate surface area is 386 Å². The summed E-state index contributed by atoms with van der Waals surface area (Å²) in [5.74, 6) is 1.22. The first-order valence-electron chi connectivity index (χ1n) is 22.3. The van der Waals surface area contributed by atoms with E-state index in [1.807, 2.05) is 50.9 Å². The van der Waals surface area contributed by atoms with Gasteiger partial charge in [-0.1, -0.05) is 76.2 Å². The van der Waals surface area contributed by atoms with Crippen molar-refractivity contribution < 1.29 is 33.4 Å². The second-order valence-electron chi connectivity index (χ2n) is 18.4. The number of carbonyl (C=O) groups excluding carboxylic acids is 4. The summed E-state index contributed by atoms with van der Waals surface area (Å²) in [7, 11) is 2.59.